The van der Waals surface area contributed by atoms with Crippen LogP contribution in [0.15, 0.2) is 29.6 Å². The van der Waals surface area contributed by atoms with E-state index in [1.54, 1.807) is 19.2 Å². The van der Waals surface area contributed by atoms with E-state index in [1.165, 1.54) is 28.4 Å². The van der Waals surface area contributed by atoms with E-state index >= 15 is 0 Å². The Balaban J connectivity index is 2.00. The number of aromatic carboxylic acids is 1. The molecule has 0 atom stereocenters. The Morgan fingerprint density at radius 2 is 2.19 bits per heavy atom. The molecule has 1 heterocycles. The van der Waals surface area contributed by atoms with Crippen LogP contribution in [0.25, 0.3) is 0 Å². The summed E-state index contributed by atoms with van der Waals surface area (Å²) in [6.07, 6.45) is 0. The first kappa shape index (κ1) is 15.0. The number of aryl methyl sites for hydroxylation is 1. The Morgan fingerprint density at radius 1 is 1.43 bits per heavy atom. The van der Waals surface area contributed by atoms with Crippen molar-refractivity contribution in [2.75, 3.05) is 12.4 Å². The number of carbonyl (C=O) groups is 2. The molecule has 0 radical (unpaired) electrons. The molecule has 0 saturated carbocycles. The zero-order valence-electron chi connectivity index (χ0n) is 11.7. The Bertz CT molecular complexity index is 669. The van der Waals surface area contributed by atoms with Crippen molar-refractivity contribution in [2.45, 2.75) is 13.5 Å². The summed E-state index contributed by atoms with van der Waals surface area (Å²) in [7, 11) is 1.66. The number of carbonyl (C=O) groups excluding carboxylic acids is 1. The Morgan fingerprint density at radius 3 is 2.81 bits per heavy atom. The summed E-state index contributed by atoms with van der Waals surface area (Å²) in [6.45, 7) is 2.31. The minimum Gasteiger partial charge on any atom is -0.478 e. The van der Waals surface area contributed by atoms with Crippen molar-refractivity contribution >= 4 is 29.0 Å². The zero-order chi connectivity index (χ0) is 15.4. The number of hydrogen-bond acceptors (Lipinski definition) is 4. The van der Waals surface area contributed by atoms with E-state index in [4.69, 9.17) is 5.11 Å². The molecule has 2 amide bonds. The van der Waals surface area contributed by atoms with Crippen molar-refractivity contribution in [1.29, 1.82) is 0 Å². The Kier molecular flexibility index (Phi) is 4.54. The largest absolute Gasteiger partial charge is 0.478 e. The fraction of sp³-hybridized carbons (Fsp3) is 0.214. The number of carboxylic acids is 1. The van der Waals surface area contributed by atoms with Gasteiger partial charge >= 0.3 is 12.0 Å². The maximum Gasteiger partial charge on any atom is 0.335 e. The van der Waals surface area contributed by atoms with E-state index in [2.05, 4.69) is 10.3 Å². The second-order valence-electron chi connectivity index (χ2n) is 4.53. The Hall–Kier alpha value is -2.41. The van der Waals surface area contributed by atoms with Crippen molar-refractivity contribution in [3.8, 4) is 0 Å². The average molecular weight is 305 g/mol. The second kappa shape index (κ2) is 6.36. The van der Waals surface area contributed by atoms with Crippen molar-refractivity contribution in [1.82, 2.24) is 9.88 Å². The number of carboxylic acid groups (broad SMARTS) is 1. The van der Waals surface area contributed by atoms with Crippen LogP contribution in [0.5, 0.6) is 0 Å². The van der Waals surface area contributed by atoms with Gasteiger partial charge in [0.05, 0.1) is 22.8 Å². The fourth-order valence-electron chi connectivity index (χ4n) is 1.74. The molecule has 0 fully saturated rings. The molecule has 2 rings (SSSR count). The molecule has 0 saturated heterocycles. The first-order chi connectivity index (χ1) is 9.95. The molecule has 0 spiro atoms. The van der Waals surface area contributed by atoms with Crippen LogP contribution < -0.4 is 5.32 Å². The number of anilines is 1. The number of rotatable bonds is 4. The molecule has 0 aliphatic rings. The highest BCUT2D eigenvalue weighted by Crippen LogP contribution is 2.13. The smallest absolute Gasteiger partial charge is 0.335 e. The van der Waals surface area contributed by atoms with Crippen LogP contribution in [0.1, 0.15) is 21.1 Å². The quantitative estimate of drug-likeness (QED) is 0.910. The van der Waals surface area contributed by atoms with Gasteiger partial charge in [0.25, 0.3) is 0 Å². The number of aromatic nitrogens is 1. The molecule has 1 aromatic carbocycles. The van der Waals surface area contributed by atoms with Gasteiger partial charge in [-0.2, -0.15) is 0 Å². The minimum atomic E-state index is -1.03. The van der Waals surface area contributed by atoms with E-state index in [1.807, 2.05) is 12.3 Å². The third-order valence-corrected chi connectivity index (χ3v) is 3.60. The highest BCUT2D eigenvalue weighted by atomic mass is 32.1. The first-order valence-electron chi connectivity index (χ1n) is 6.22. The van der Waals surface area contributed by atoms with Crippen molar-refractivity contribution in [2.24, 2.45) is 0 Å². The van der Waals surface area contributed by atoms with E-state index in [-0.39, 0.29) is 11.6 Å². The van der Waals surface area contributed by atoms with Crippen LogP contribution in [-0.4, -0.2) is 34.0 Å². The van der Waals surface area contributed by atoms with Crippen LogP contribution >= 0.6 is 11.3 Å². The topological polar surface area (TPSA) is 82.5 Å². The maximum atomic E-state index is 12.0. The van der Waals surface area contributed by atoms with E-state index in [0.29, 0.717) is 12.2 Å². The molecule has 7 heteroatoms. The standard InChI is InChI=1S/C14H15N3O3S/c1-9-15-12(8-21-9)7-17(2)14(20)16-11-5-3-4-10(6-11)13(18)19/h3-6,8H,7H2,1-2H3,(H,16,20)(H,18,19). The predicted octanol–water partition coefficient (Wildman–Crippen LogP) is 2.81. The molecule has 0 aliphatic heterocycles. The molecule has 0 aliphatic carbocycles. The van der Waals surface area contributed by atoms with E-state index in [9.17, 15) is 9.59 Å². The SMILES string of the molecule is Cc1nc(CN(C)C(=O)Nc2cccc(C(=O)O)c2)cs1. The van der Waals surface area contributed by atoms with Gasteiger partial charge in [0.15, 0.2) is 0 Å². The van der Waals surface area contributed by atoms with Crippen molar-refractivity contribution in [3.05, 3.63) is 45.9 Å². The first-order valence-corrected chi connectivity index (χ1v) is 7.10. The number of urea groups is 1. The van der Waals surface area contributed by atoms with Crippen LogP contribution in [0.3, 0.4) is 0 Å². The van der Waals surface area contributed by atoms with Gasteiger partial charge in [0.2, 0.25) is 0 Å². The lowest BCUT2D eigenvalue weighted by atomic mass is 10.2. The minimum absolute atomic E-state index is 0.130. The third kappa shape index (κ3) is 4.03. The summed E-state index contributed by atoms with van der Waals surface area (Å²) in [4.78, 5) is 28.7. The van der Waals surface area contributed by atoms with E-state index < -0.39 is 5.97 Å². The number of hydrogen-bond donors (Lipinski definition) is 2. The normalized spacial score (nSPS) is 10.2. The lowest BCUT2D eigenvalue weighted by Gasteiger charge is -2.17. The fourth-order valence-corrected chi connectivity index (χ4v) is 2.35. The molecule has 110 valence electrons. The Labute approximate surface area is 126 Å². The predicted molar refractivity (Wildman–Crippen MR) is 80.7 cm³/mol. The summed E-state index contributed by atoms with van der Waals surface area (Å²) >= 11 is 1.53. The molecular formula is C14H15N3O3S. The molecule has 6 nitrogen and oxygen atoms in total. The number of amides is 2. The molecular weight excluding hydrogens is 290 g/mol. The number of nitrogens with zero attached hydrogens (tertiary/aromatic N) is 2. The van der Waals surface area contributed by atoms with Gasteiger partial charge < -0.3 is 15.3 Å². The third-order valence-electron chi connectivity index (χ3n) is 2.77. The molecule has 2 N–H and O–H groups in total. The van der Waals surface area contributed by atoms with Crippen molar-refractivity contribution < 1.29 is 14.7 Å². The average Bonchev–Trinajstić information content (AvgIpc) is 2.84. The van der Waals surface area contributed by atoms with Gasteiger partial charge in [-0.05, 0) is 25.1 Å². The summed E-state index contributed by atoms with van der Waals surface area (Å²) in [5.74, 6) is -1.03. The summed E-state index contributed by atoms with van der Waals surface area (Å²) < 4.78 is 0. The van der Waals surface area contributed by atoms with Gasteiger partial charge in [0, 0.05) is 18.1 Å². The highest BCUT2D eigenvalue weighted by molar-refractivity contribution is 7.09. The van der Waals surface area contributed by atoms with Gasteiger partial charge in [-0.3, -0.25) is 0 Å². The number of nitrogens with one attached hydrogen (secondary N) is 1. The highest BCUT2D eigenvalue weighted by Gasteiger charge is 2.12. The lowest BCUT2D eigenvalue weighted by molar-refractivity contribution is 0.0697. The second-order valence-corrected chi connectivity index (χ2v) is 5.59. The summed E-state index contributed by atoms with van der Waals surface area (Å²) in [6, 6.07) is 5.80. The monoisotopic (exact) mass is 305 g/mol. The summed E-state index contributed by atoms with van der Waals surface area (Å²) in [5.41, 5.74) is 1.40. The lowest BCUT2D eigenvalue weighted by Crippen LogP contribution is -2.31. The molecule has 2 aromatic rings. The van der Waals surface area contributed by atoms with Crippen LogP contribution in [0.4, 0.5) is 10.5 Å². The molecule has 1 aromatic heterocycles. The maximum absolute atomic E-state index is 12.0. The van der Waals surface area contributed by atoms with Crippen LogP contribution in [0, 0.1) is 6.92 Å². The van der Waals surface area contributed by atoms with Gasteiger partial charge in [-0.1, -0.05) is 6.07 Å². The van der Waals surface area contributed by atoms with Crippen LogP contribution in [0.2, 0.25) is 0 Å². The zero-order valence-corrected chi connectivity index (χ0v) is 12.5. The molecule has 0 unspecified atom stereocenters. The van der Waals surface area contributed by atoms with Gasteiger partial charge in [0.1, 0.15) is 0 Å². The summed E-state index contributed by atoms with van der Waals surface area (Å²) in [5, 5.41) is 14.4. The number of thiazole rings is 1. The number of benzene rings is 1. The van der Waals surface area contributed by atoms with E-state index in [0.717, 1.165) is 10.7 Å². The van der Waals surface area contributed by atoms with Gasteiger partial charge in [-0.25, -0.2) is 14.6 Å². The van der Waals surface area contributed by atoms with Gasteiger partial charge in [-0.15, -0.1) is 11.3 Å². The molecule has 21 heavy (non-hydrogen) atoms. The van der Waals surface area contributed by atoms with Crippen molar-refractivity contribution in [3.63, 3.8) is 0 Å². The van der Waals surface area contributed by atoms with Crippen LogP contribution in [-0.2, 0) is 6.54 Å². The molecule has 0 bridgehead atoms.